The summed E-state index contributed by atoms with van der Waals surface area (Å²) < 4.78 is 17.4. The van der Waals surface area contributed by atoms with Gasteiger partial charge < -0.3 is 14.7 Å². The van der Waals surface area contributed by atoms with Crippen LogP contribution in [0.5, 0.6) is 0 Å². The van der Waals surface area contributed by atoms with Crippen molar-refractivity contribution in [3.05, 3.63) is 11.8 Å². The van der Waals surface area contributed by atoms with E-state index in [0.29, 0.717) is 17.0 Å². The fourth-order valence-corrected chi connectivity index (χ4v) is 4.62. The van der Waals surface area contributed by atoms with Gasteiger partial charge in [0.25, 0.3) is 0 Å². The molecule has 2 bridgehead atoms. The van der Waals surface area contributed by atoms with E-state index >= 15 is 0 Å². The van der Waals surface area contributed by atoms with Gasteiger partial charge >= 0.3 is 0 Å². The van der Waals surface area contributed by atoms with E-state index in [4.69, 9.17) is 10.2 Å². The molecule has 16 heavy (non-hydrogen) atoms. The second-order valence-electron chi connectivity index (χ2n) is 4.00. The molecule has 80 valence electrons. The average Bonchev–Trinajstić information content (AvgIpc) is 2.91. The Bertz CT molecular complexity index is 695. The number of nitrogens with zero attached hydrogens (tertiary/aromatic N) is 2. The van der Waals surface area contributed by atoms with Gasteiger partial charge in [-0.25, -0.2) is 9.97 Å². The highest BCUT2D eigenvalue weighted by Crippen LogP contribution is 2.70. The molecule has 5 heterocycles. The second-order valence-corrected chi connectivity index (χ2v) is 6.52. The van der Waals surface area contributed by atoms with Crippen LogP contribution in [0.4, 0.5) is 5.95 Å². The Morgan fingerprint density at radius 3 is 2.81 bits per heavy atom. The van der Waals surface area contributed by atoms with Gasteiger partial charge in [-0.05, 0) is 12.0 Å². The molecule has 5 rings (SSSR count). The first kappa shape index (κ1) is 8.53. The number of hydrogen-bond donors (Lipinski definition) is 1. The predicted molar refractivity (Wildman–Crippen MR) is 60.0 cm³/mol. The molecule has 0 saturated heterocycles. The number of fused-ring (bicyclic) bond motifs is 1. The average molecular weight is 233 g/mol. The first-order valence-electron chi connectivity index (χ1n) is 5.08. The molecule has 2 aromatic rings. The Morgan fingerprint density at radius 1 is 1.50 bits per heavy atom. The van der Waals surface area contributed by atoms with Crippen molar-refractivity contribution in [2.24, 2.45) is 0 Å². The zero-order valence-corrected chi connectivity index (χ0v) is 9.41. The van der Waals surface area contributed by atoms with Gasteiger partial charge in [0.1, 0.15) is 5.69 Å². The molecule has 0 aromatic carbocycles. The Labute approximate surface area is 91.1 Å². The lowest BCUT2D eigenvalue weighted by atomic mass is 10.1. The van der Waals surface area contributed by atoms with E-state index in [1.807, 2.05) is 6.92 Å². The molecule has 0 amide bonds. The Balaban J connectivity index is 1.96. The van der Waals surface area contributed by atoms with Crippen LogP contribution in [0.1, 0.15) is 12.5 Å². The van der Waals surface area contributed by atoms with E-state index in [1.165, 1.54) is 0 Å². The number of hydrogen-bond acceptors (Lipinski definition) is 5. The van der Waals surface area contributed by atoms with Gasteiger partial charge in [0.2, 0.25) is 13.1 Å². The van der Waals surface area contributed by atoms with Gasteiger partial charge in [-0.1, -0.05) is 6.92 Å². The standard InChI is InChI=1S/C10H8N3O2P/c1-2-4-3-12-10(11)13-5(4)6-7-8-9(15-6)16(7,8)14/h3H,2H2,1H3,(H2,11,12,13). The zero-order valence-electron chi connectivity index (χ0n) is 8.52. The first-order valence-corrected chi connectivity index (χ1v) is 6.79. The summed E-state index contributed by atoms with van der Waals surface area (Å²) in [6, 6.07) is 0. The number of rotatable bonds is 2. The predicted octanol–water partition coefficient (Wildman–Crippen LogP) is 0.147. The molecule has 6 heteroatoms. The molecule has 3 aliphatic heterocycles. The molecule has 0 spiro atoms. The first-order chi connectivity index (χ1) is 7.67. The Hall–Kier alpha value is -1.61. The van der Waals surface area contributed by atoms with E-state index < -0.39 is 7.14 Å². The smallest absolute Gasteiger partial charge is 0.220 e. The summed E-state index contributed by atoms with van der Waals surface area (Å²) in [6.07, 6.45) is 2.50. The molecule has 0 radical (unpaired) electrons. The molecular weight excluding hydrogens is 225 g/mol. The van der Waals surface area contributed by atoms with Crippen LogP contribution in [0.15, 0.2) is 10.6 Å². The zero-order chi connectivity index (χ0) is 11.1. The van der Waals surface area contributed by atoms with Crippen LogP contribution in [-0.4, -0.2) is 9.97 Å². The molecule has 1 atom stereocenters. The largest absolute Gasteiger partial charge is 0.449 e. The molecule has 2 aromatic heterocycles. The maximum absolute atomic E-state index is 11.9. The van der Waals surface area contributed by atoms with Crippen molar-refractivity contribution >= 4 is 29.2 Å². The Kier molecular flexibility index (Phi) is 1.19. The van der Waals surface area contributed by atoms with Crippen LogP contribution in [0.3, 0.4) is 0 Å². The summed E-state index contributed by atoms with van der Waals surface area (Å²) in [6.45, 7) is 2.01. The molecule has 0 fully saturated rings. The van der Waals surface area contributed by atoms with Crippen LogP contribution in [0, 0.1) is 0 Å². The van der Waals surface area contributed by atoms with Crippen molar-refractivity contribution in [1.82, 2.24) is 9.97 Å². The summed E-state index contributed by atoms with van der Waals surface area (Å²) >= 11 is 0. The van der Waals surface area contributed by atoms with E-state index in [-0.39, 0.29) is 5.95 Å². The molecule has 5 nitrogen and oxygen atoms in total. The highest BCUT2D eigenvalue weighted by Gasteiger charge is 2.74. The summed E-state index contributed by atoms with van der Waals surface area (Å²) in [5.41, 5.74) is 7.93. The number of nitrogens with two attached hydrogens (primary N) is 1. The van der Waals surface area contributed by atoms with Gasteiger partial charge in [0.05, 0.1) is 10.6 Å². The number of nitrogen functional groups attached to an aromatic ring is 1. The van der Waals surface area contributed by atoms with Crippen LogP contribution >= 0.6 is 7.14 Å². The summed E-state index contributed by atoms with van der Waals surface area (Å²) in [5.74, 6) is 0.871. The topological polar surface area (TPSA) is 82.0 Å². The molecule has 0 aliphatic carbocycles. The lowest BCUT2D eigenvalue weighted by Gasteiger charge is -2.03. The van der Waals surface area contributed by atoms with Crippen molar-refractivity contribution < 1.29 is 8.98 Å². The third-order valence-electron chi connectivity index (χ3n) is 3.14. The van der Waals surface area contributed by atoms with Gasteiger partial charge in [-0.2, -0.15) is 0 Å². The van der Waals surface area contributed by atoms with Gasteiger partial charge in [-0.3, -0.25) is 0 Å². The van der Waals surface area contributed by atoms with Gasteiger partial charge in [0, 0.05) is 6.20 Å². The van der Waals surface area contributed by atoms with Crippen molar-refractivity contribution in [3.63, 3.8) is 0 Å². The minimum atomic E-state index is -2.17. The minimum absolute atomic E-state index is 0.219. The minimum Gasteiger partial charge on any atom is -0.449 e. The monoisotopic (exact) mass is 233 g/mol. The van der Waals surface area contributed by atoms with E-state index in [0.717, 1.165) is 22.6 Å². The molecule has 0 saturated carbocycles. The van der Waals surface area contributed by atoms with Crippen molar-refractivity contribution in [2.45, 2.75) is 13.3 Å². The van der Waals surface area contributed by atoms with Crippen molar-refractivity contribution in [2.75, 3.05) is 5.73 Å². The maximum atomic E-state index is 11.9. The van der Waals surface area contributed by atoms with Crippen LogP contribution in [0.2, 0.25) is 0 Å². The molecule has 1 unspecified atom stereocenters. The van der Waals surface area contributed by atoms with Crippen LogP contribution in [-0.2, 0) is 11.0 Å². The SMILES string of the molecule is CCc1cnc(N)nc1-c1oc2c3c1P23=O. The lowest BCUT2D eigenvalue weighted by Crippen LogP contribution is -2.03. The lowest BCUT2D eigenvalue weighted by molar-refractivity contribution is 0.590. The fraction of sp³-hybridized carbons (Fsp3) is 0.200. The number of furan rings is 1. The second kappa shape index (κ2) is 2.23. The van der Waals surface area contributed by atoms with Crippen molar-refractivity contribution in [3.8, 4) is 11.5 Å². The molecular formula is C10H8N3O2P. The van der Waals surface area contributed by atoms with Crippen LogP contribution < -0.4 is 21.8 Å². The summed E-state index contributed by atoms with van der Waals surface area (Å²) in [4.78, 5) is 8.13. The molecule has 2 N–H and O–H groups in total. The Morgan fingerprint density at radius 2 is 2.25 bits per heavy atom. The van der Waals surface area contributed by atoms with Crippen LogP contribution in [0.25, 0.3) is 11.5 Å². The number of anilines is 1. The molecule has 3 aliphatic rings. The van der Waals surface area contributed by atoms with Crippen molar-refractivity contribution in [1.29, 1.82) is 0 Å². The number of aryl methyl sites for hydroxylation is 1. The van der Waals surface area contributed by atoms with Gasteiger partial charge in [-0.15, -0.1) is 0 Å². The normalized spacial score (nSPS) is 23.1. The van der Waals surface area contributed by atoms with E-state index in [9.17, 15) is 4.57 Å². The third-order valence-corrected chi connectivity index (χ3v) is 5.69. The quantitative estimate of drug-likeness (QED) is 0.498. The van der Waals surface area contributed by atoms with Gasteiger partial charge in [0.15, 0.2) is 11.3 Å². The highest BCUT2D eigenvalue weighted by atomic mass is 31.2. The van der Waals surface area contributed by atoms with E-state index in [1.54, 1.807) is 6.20 Å². The highest BCUT2D eigenvalue weighted by molar-refractivity contribution is 8.06. The van der Waals surface area contributed by atoms with E-state index in [2.05, 4.69) is 9.97 Å². The number of aromatic nitrogens is 2. The third kappa shape index (κ3) is 0.716. The fourth-order valence-electron chi connectivity index (χ4n) is 2.14. The summed E-state index contributed by atoms with van der Waals surface area (Å²) in [7, 11) is -2.17. The summed E-state index contributed by atoms with van der Waals surface area (Å²) in [5, 5.41) is 1.83. The maximum Gasteiger partial charge on any atom is 0.220 e.